The molecule has 0 heterocycles. The van der Waals surface area contributed by atoms with Gasteiger partial charge in [-0.3, -0.25) is 0 Å². The third kappa shape index (κ3) is 2.24. The molecule has 0 aromatic heterocycles. The van der Waals surface area contributed by atoms with Gasteiger partial charge in [0.05, 0.1) is 6.61 Å². The lowest BCUT2D eigenvalue weighted by Crippen LogP contribution is -2.14. The van der Waals surface area contributed by atoms with E-state index in [1.54, 1.807) is 0 Å². The topological polar surface area (TPSA) is 9.23 Å². The molecule has 1 aliphatic rings. The lowest BCUT2D eigenvalue weighted by atomic mass is 10.1. The van der Waals surface area contributed by atoms with Crippen molar-refractivity contribution in [3.05, 3.63) is 29.8 Å². The van der Waals surface area contributed by atoms with Crippen molar-refractivity contribution in [1.29, 1.82) is 0 Å². The number of rotatable bonds is 4. The van der Waals surface area contributed by atoms with Gasteiger partial charge in [0.2, 0.25) is 0 Å². The zero-order valence-corrected chi connectivity index (χ0v) is 9.39. The molecular formula is C12H16OS. The summed E-state index contributed by atoms with van der Waals surface area (Å²) >= 11 is 4.35. The molecule has 0 unspecified atom stereocenters. The Morgan fingerprint density at radius 1 is 1.29 bits per heavy atom. The molecule has 14 heavy (non-hydrogen) atoms. The quantitative estimate of drug-likeness (QED) is 0.748. The lowest BCUT2D eigenvalue weighted by molar-refractivity contribution is 0.250. The predicted molar refractivity (Wildman–Crippen MR) is 62.2 cm³/mol. The van der Waals surface area contributed by atoms with Crippen LogP contribution in [0.1, 0.15) is 18.4 Å². The third-order valence-electron chi connectivity index (χ3n) is 2.86. The normalized spacial score (nSPS) is 17.9. The highest BCUT2D eigenvalue weighted by atomic mass is 32.1. The highest BCUT2D eigenvalue weighted by Crippen LogP contribution is 2.46. The van der Waals surface area contributed by atoms with E-state index in [4.69, 9.17) is 4.74 Å². The zero-order chi connectivity index (χ0) is 10.0. The van der Waals surface area contributed by atoms with E-state index in [1.807, 2.05) is 12.1 Å². The molecule has 0 radical (unpaired) electrons. The van der Waals surface area contributed by atoms with Crippen LogP contribution in [-0.4, -0.2) is 12.4 Å². The lowest BCUT2D eigenvalue weighted by Gasteiger charge is -2.13. The van der Waals surface area contributed by atoms with Crippen molar-refractivity contribution in [3.63, 3.8) is 0 Å². The molecule has 0 spiro atoms. The first-order chi connectivity index (χ1) is 6.74. The van der Waals surface area contributed by atoms with E-state index in [2.05, 4.69) is 31.7 Å². The summed E-state index contributed by atoms with van der Waals surface area (Å²) < 4.78 is 5.73. The molecule has 1 aromatic carbocycles. The average molecular weight is 208 g/mol. The summed E-state index contributed by atoms with van der Waals surface area (Å²) in [5.41, 5.74) is 1.65. The fourth-order valence-corrected chi connectivity index (χ4v) is 1.80. The molecule has 1 aromatic rings. The summed E-state index contributed by atoms with van der Waals surface area (Å²) in [6.07, 6.45) is 2.53. The second-order valence-corrected chi connectivity index (χ2v) is 4.58. The van der Waals surface area contributed by atoms with Crippen molar-refractivity contribution in [2.24, 2.45) is 5.41 Å². The van der Waals surface area contributed by atoms with Gasteiger partial charge in [-0.2, -0.15) is 12.6 Å². The minimum Gasteiger partial charge on any atom is -0.493 e. The minimum absolute atomic E-state index is 0.383. The van der Waals surface area contributed by atoms with Crippen molar-refractivity contribution in [2.45, 2.75) is 19.8 Å². The van der Waals surface area contributed by atoms with Crippen molar-refractivity contribution in [1.82, 2.24) is 0 Å². The first-order valence-electron chi connectivity index (χ1n) is 5.04. The van der Waals surface area contributed by atoms with Gasteiger partial charge in [-0.1, -0.05) is 17.7 Å². The maximum Gasteiger partial charge on any atom is 0.119 e. The van der Waals surface area contributed by atoms with Crippen LogP contribution in [0.5, 0.6) is 5.75 Å². The van der Waals surface area contributed by atoms with Gasteiger partial charge in [0.25, 0.3) is 0 Å². The molecule has 0 N–H and O–H groups in total. The Morgan fingerprint density at radius 2 is 1.93 bits per heavy atom. The van der Waals surface area contributed by atoms with E-state index in [-0.39, 0.29) is 0 Å². The molecule has 0 aliphatic heterocycles. The smallest absolute Gasteiger partial charge is 0.119 e. The fourth-order valence-electron chi connectivity index (χ4n) is 1.40. The molecule has 2 rings (SSSR count). The van der Waals surface area contributed by atoms with Gasteiger partial charge >= 0.3 is 0 Å². The number of benzene rings is 1. The molecule has 0 amide bonds. The summed E-state index contributed by atoms with van der Waals surface area (Å²) in [6, 6.07) is 8.22. The second-order valence-electron chi connectivity index (χ2n) is 4.26. The van der Waals surface area contributed by atoms with Crippen LogP contribution in [0, 0.1) is 12.3 Å². The highest BCUT2D eigenvalue weighted by molar-refractivity contribution is 7.80. The molecule has 0 atom stereocenters. The van der Waals surface area contributed by atoms with Gasteiger partial charge in [-0.05, 0) is 37.7 Å². The second kappa shape index (κ2) is 3.85. The van der Waals surface area contributed by atoms with E-state index in [0.717, 1.165) is 18.1 Å². The van der Waals surface area contributed by atoms with Crippen LogP contribution in [0.15, 0.2) is 24.3 Å². The number of hydrogen-bond acceptors (Lipinski definition) is 2. The van der Waals surface area contributed by atoms with Gasteiger partial charge in [-0.15, -0.1) is 0 Å². The van der Waals surface area contributed by atoms with Crippen molar-refractivity contribution >= 4 is 12.6 Å². The number of thiol groups is 1. The van der Waals surface area contributed by atoms with Crippen molar-refractivity contribution in [3.8, 4) is 5.75 Å². The zero-order valence-electron chi connectivity index (χ0n) is 8.49. The van der Waals surface area contributed by atoms with Gasteiger partial charge in [0.15, 0.2) is 0 Å². The van der Waals surface area contributed by atoms with Crippen LogP contribution in [-0.2, 0) is 0 Å². The fraction of sp³-hybridized carbons (Fsp3) is 0.500. The van der Waals surface area contributed by atoms with Gasteiger partial charge in [-0.25, -0.2) is 0 Å². The number of aryl methyl sites for hydroxylation is 1. The van der Waals surface area contributed by atoms with Crippen LogP contribution < -0.4 is 4.74 Å². The standard InChI is InChI=1S/C12H16OS/c1-10-2-4-11(5-3-10)13-8-12(9-14)6-7-12/h2-5,14H,6-9H2,1H3. The monoisotopic (exact) mass is 208 g/mol. The Balaban J connectivity index is 1.89. The molecule has 1 saturated carbocycles. The molecule has 2 heteroatoms. The molecule has 0 saturated heterocycles. The first-order valence-corrected chi connectivity index (χ1v) is 5.68. The maximum atomic E-state index is 5.73. The molecule has 1 aliphatic carbocycles. The van der Waals surface area contributed by atoms with Gasteiger partial charge < -0.3 is 4.74 Å². The van der Waals surface area contributed by atoms with Crippen LogP contribution in [0.3, 0.4) is 0 Å². The summed E-state index contributed by atoms with van der Waals surface area (Å²) in [5, 5.41) is 0. The Bertz CT molecular complexity index is 301. The Morgan fingerprint density at radius 3 is 2.43 bits per heavy atom. The Labute approximate surface area is 90.9 Å². The molecule has 1 fully saturated rings. The maximum absolute atomic E-state index is 5.73. The van der Waals surface area contributed by atoms with Crippen LogP contribution in [0.2, 0.25) is 0 Å². The molecule has 0 bridgehead atoms. The predicted octanol–water partition coefficient (Wildman–Crippen LogP) is 3.08. The van der Waals surface area contributed by atoms with Gasteiger partial charge in [0.1, 0.15) is 5.75 Å². The van der Waals surface area contributed by atoms with E-state index in [9.17, 15) is 0 Å². The average Bonchev–Trinajstić information content (AvgIpc) is 2.98. The third-order valence-corrected chi connectivity index (χ3v) is 3.53. The largest absolute Gasteiger partial charge is 0.493 e. The van der Waals surface area contributed by atoms with Crippen LogP contribution in [0.25, 0.3) is 0 Å². The molecular weight excluding hydrogens is 192 g/mol. The number of ether oxygens (including phenoxy) is 1. The van der Waals surface area contributed by atoms with E-state index in [1.165, 1.54) is 18.4 Å². The van der Waals surface area contributed by atoms with Crippen molar-refractivity contribution < 1.29 is 4.74 Å². The highest BCUT2D eigenvalue weighted by Gasteiger charge is 2.42. The Kier molecular flexibility index (Phi) is 2.73. The van der Waals surface area contributed by atoms with Crippen LogP contribution in [0.4, 0.5) is 0 Å². The molecule has 1 nitrogen and oxygen atoms in total. The summed E-state index contributed by atoms with van der Waals surface area (Å²) in [5.74, 6) is 1.92. The van der Waals surface area contributed by atoms with E-state index < -0.39 is 0 Å². The van der Waals surface area contributed by atoms with Crippen molar-refractivity contribution in [2.75, 3.05) is 12.4 Å². The minimum atomic E-state index is 0.383. The Hall–Kier alpha value is -0.630. The molecule has 76 valence electrons. The number of hydrogen-bond donors (Lipinski definition) is 1. The van der Waals surface area contributed by atoms with E-state index in [0.29, 0.717) is 5.41 Å². The SMILES string of the molecule is Cc1ccc(OCC2(CS)CC2)cc1. The summed E-state index contributed by atoms with van der Waals surface area (Å²) in [4.78, 5) is 0. The van der Waals surface area contributed by atoms with E-state index >= 15 is 0 Å². The first kappa shape index (κ1) is 9.91. The van der Waals surface area contributed by atoms with Crippen LogP contribution >= 0.6 is 12.6 Å². The summed E-state index contributed by atoms with van der Waals surface area (Å²) in [7, 11) is 0. The van der Waals surface area contributed by atoms with Gasteiger partial charge in [0, 0.05) is 5.41 Å². The summed E-state index contributed by atoms with van der Waals surface area (Å²) in [6.45, 7) is 2.90.